The molecule has 0 saturated heterocycles. The molecule has 0 spiro atoms. The fourth-order valence-corrected chi connectivity index (χ4v) is 8.54. The molecule has 0 radical (unpaired) electrons. The Bertz CT molecular complexity index is 2720. The van der Waals surface area contributed by atoms with Crippen molar-refractivity contribution in [3.8, 4) is 33.4 Å². The fraction of sp³-hybridized carbons (Fsp3) is 0.208. The summed E-state index contributed by atoms with van der Waals surface area (Å²) in [6.45, 7) is 18.3. The van der Waals surface area contributed by atoms with Gasteiger partial charge in [-0.05, 0) is 103 Å². The Morgan fingerprint density at radius 1 is 0.436 bits per heavy atom. The highest BCUT2D eigenvalue weighted by Crippen LogP contribution is 2.52. The van der Waals surface area contributed by atoms with E-state index in [0.717, 1.165) is 50.1 Å². The summed E-state index contributed by atoms with van der Waals surface area (Å²) in [7, 11) is 0. The van der Waals surface area contributed by atoms with Crippen molar-refractivity contribution in [1.82, 2.24) is 0 Å². The molecule has 0 atom stereocenters. The first kappa shape index (κ1) is 34.9. The van der Waals surface area contributed by atoms with Crippen molar-refractivity contribution in [2.75, 3.05) is 4.90 Å². The van der Waals surface area contributed by atoms with E-state index in [2.05, 4.69) is 212 Å². The Kier molecular flexibility index (Phi) is 7.99. The molecular weight excluding hydrogens is 667 g/mol. The summed E-state index contributed by atoms with van der Waals surface area (Å²) in [4.78, 5) is 2.46. The number of benzene rings is 7. The summed E-state index contributed by atoms with van der Waals surface area (Å²) in [6, 6.07) is 56.1. The summed E-state index contributed by atoms with van der Waals surface area (Å²) in [5, 5.41) is 2.24. The van der Waals surface area contributed by atoms with E-state index in [1.54, 1.807) is 0 Å². The van der Waals surface area contributed by atoms with E-state index in [1.807, 2.05) is 0 Å². The van der Waals surface area contributed by atoms with Crippen LogP contribution in [0.4, 0.5) is 17.1 Å². The van der Waals surface area contributed by atoms with E-state index in [-0.39, 0.29) is 16.2 Å². The van der Waals surface area contributed by atoms with Gasteiger partial charge in [0.1, 0.15) is 11.2 Å². The predicted molar refractivity (Wildman–Crippen MR) is 234 cm³/mol. The summed E-state index contributed by atoms with van der Waals surface area (Å²) in [5.41, 5.74) is 17.7. The Hall–Kier alpha value is -5.86. The van der Waals surface area contributed by atoms with Crippen molar-refractivity contribution < 1.29 is 4.42 Å². The molecule has 0 saturated carbocycles. The van der Waals surface area contributed by atoms with Crippen molar-refractivity contribution >= 4 is 39.0 Å². The Morgan fingerprint density at radius 3 is 1.73 bits per heavy atom. The van der Waals surface area contributed by atoms with Gasteiger partial charge in [0.05, 0.1) is 5.69 Å². The van der Waals surface area contributed by atoms with Gasteiger partial charge in [0.2, 0.25) is 0 Å². The number of nitrogens with zero attached hydrogens (tertiary/aromatic N) is 1. The Morgan fingerprint density at radius 2 is 1.02 bits per heavy atom. The normalized spacial score (nSPS) is 13.6. The molecule has 0 N–H and O–H groups in total. The predicted octanol–water partition coefficient (Wildman–Crippen LogP) is 15.3. The first-order chi connectivity index (χ1) is 26.3. The summed E-state index contributed by atoms with van der Waals surface area (Å²) < 4.78 is 6.74. The van der Waals surface area contributed by atoms with Gasteiger partial charge < -0.3 is 9.32 Å². The highest BCUT2D eigenvalue weighted by atomic mass is 16.3. The fourth-order valence-electron chi connectivity index (χ4n) is 8.54. The van der Waals surface area contributed by atoms with Gasteiger partial charge in [0.25, 0.3) is 0 Å². The topological polar surface area (TPSA) is 16.4 Å². The van der Waals surface area contributed by atoms with Gasteiger partial charge in [-0.15, -0.1) is 0 Å². The number of hydrogen-bond donors (Lipinski definition) is 0. The molecule has 7 aromatic carbocycles. The first-order valence-corrected chi connectivity index (χ1v) is 19.6. The largest absolute Gasteiger partial charge is 0.456 e. The molecule has 272 valence electrons. The van der Waals surface area contributed by atoms with Gasteiger partial charge in [-0.2, -0.15) is 0 Å². The molecule has 0 bridgehead atoms. The zero-order chi connectivity index (χ0) is 38.3. The Labute approximate surface area is 326 Å². The molecule has 1 heterocycles. The molecule has 55 heavy (non-hydrogen) atoms. The molecule has 9 rings (SSSR count). The van der Waals surface area contributed by atoms with Gasteiger partial charge in [-0.1, -0.05) is 165 Å². The number of fused-ring (bicyclic) bond motifs is 6. The van der Waals surface area contributed by atoms with Crippen LogP contribution in [0.5, 0.6) is 0 Å². The zero-order valence-electron chi connectivity index (χ0n) is 33.3. The van der Waals surface area contributed by atoms with Crippen LogP contribution < -0.4 is 4.90 Å². The third kappa shape index (κ3) is 5.96. The van der Waals surface area contributed by atoms with Crippen LogP contribution in [0.2, 0.25) is 0 Å². The molecule has 0 unspecified atom stereocenters. The smallest absolute Gasteiger partial charge is 0.136 e. The van der Waals surface area contributed by atoms with Crippen molar-refractivity contribution in [2.45, 2.75) is 71.6 Å². The van der Waals surface area contributed by atoms with Crippen LogP contribution in [0, 0.1) is 0 Å². The summed E-state index contributed by atoms with van der Waals surface area (Å²) >= 11 is 0. The third-order valence-electron chi connectivity index (χ3n) is 11.8. The first-order valence-electron chi connectivity index (χ1n) is 19.6. The molecule has 8 aromatic rings. The maximum atomic E-state index is 6.74. The minimum atomic E-state index is -0.133. The van der Waals surface area contributed by atoms with Crippen LogP contribution in [0.25, 0.3) is 55.3 Å². The minimum Gasteiger partial charge on any atom is -0.456 e. The number of furan rings is 1. The van der Waals surface area contributed by atoms with Gasteiger partial charge in [-0.25, -0.2) is 0 Å². The average molecular weight is 716 g/mol. The van der Waals surface area contributed by atoms with Crippen LogP contribution in [0.3, 0.4) is 0 Å². The lowest BCUT2D eigenvalue weighted by atomic mass is 9.82. The lowest BCUT2D eigenvalue weighted by Gasteiger charge is -2.30. The van der Waals surface area contributed by atoms with E-state index in [9.17, 15) is 0 Å². The maximum Gasteiger partial charge on any atom is 0.136 e. The molecule has 2 heteroatoms. The minimum absolute atomic E-state index is 0.0159. The van der Waals surface area contributed by atoms with Crippen molar-refractivity contribution in [2.24, 2.45) is 0 Å². The van der Waals surface area contributed by atoms with Crippen LogP contribution in [-0.2, 0) is 16.2 Å². The van der Waals surface area contributed by atoms with Gasteiger partial charge in [0.15, 0.2) is 0 Å². The number of anilines is 3. The van der Waals surface area contributed by atoms with Crippen LogP contribution in [0.15, 0.2) is 156 Å². The lowest BCUT2D eigenvalue weighted by Crippen LogP contribution is -2.17. The van der Waals surface area contributed by atoms with E-state index >= 15 is 0 Å². The average Bonchev–Trinajstić information content (AvgIpc) is 3.65. The molecule has 1 aromatic heterocycles. The standard InChI is InChI=1S/C53H49NO/c1-51(2,3)37-22-18-36(19-23-37)44-33-50-45(43-28-24-38(52(4,5)6)30-49(43)55-50)32-48(44)54(39-25-20-35(21-26-39)34-14-10-9-11-15-34)40-27-29-42-41-16-12-13-17-46(41)53(7,8)47(42)31-40/h9-33H,1-8H3. The molecule has 1 aliphatic rings. The molecule has 0 aliphatic heterocycles. The van der Waals surface area contributed by atoms with Gasteiger partial charge >= 0.3 is 0 Å². The van der Waals surface area contributed by atoms with Crippen molar-refractivity contribution in [1.29, 1.82) is 0 Å². The van der Waals surface area contributed by atoms with Crippen molar-refractivity contribution in [3.05, 3.63) is 174 Å². The highest BCUT2D eigenvalue weighted by molar-refractivity contribution is 6.09. The molecular formula is C53H49NO. The molecule has 0 fully saturated rings. The Balaban J connectivity index is 1.31. The van der Waals surface area contributed by atoms with Gasteiger partial charge in [0, 0.05) is 33.1 Å². The highest BCUT2D eigenvalue weighted by Gasteiger charge is 2.36. The monoisotopic (exact) mass is 715 g/mol. The molecule has 2 nitrogen and oxygen atoms in total. The van der Waals surface area contributed by atoms with E-state index in [1.165, 1.54) is 44.5 Å². The van der Waals surface area contributed by atoms with E-state index in [0.29, 0.717) is 0 Å². The lowest BCUT2D eigenvalue weighted by molar-refractivity contribution is 0.587. The number of rotatable bonds is 5. The second-order valence-corrected chi connectivity index (χ2v) is 17.9. The summed E-state index contributed by atoms with van der Waals surface area (Å²) in [5.74, 6) is 0. The zero-order valence-corrected chi connectivity index (χ0v) is 33.3. The van der Waals surface area contributed by atoms with Crippen LogP contribution >= 0.6 is 0 Å². The SMILES string of the molecule is CC(C)(C)c1ccc(-c2cc3oc4cc(C(C)(C)C)ccc4c3cc2N(c2ccc(-c3ccccc3)cc2)c2ccc3c(c2)C(C)(C)c2ccccc2-3)cc1. The van der Waals surface area contributed by atoms with E-state index in [4.69, 9.17) is 4.42 Å². The molecule has 0 amide bonds. The maximum absolute atomic E-state index is 6.74. The quantitative estimate of drug-likeness (QED) is 0.176. The molecule has 1 aliphatic carbocycles. The van der Waals surface area contributed by atoms with Crippen LogP contribution in [-0.4, -0.2) is 0 Å². The number of hydrogen-bond acceptors (Lipinski definition) is 2. The van der Waals surface area contributed by atoms with Crippen molar-refractivity contribution in [3.63, 3.8) is 0 Å². The van der Waals surface area contributed by atoms with E-state index < -0.39 is 0 Å². The third-order valence-corrected chi connectivity index (χ3v) is 11.8. The second kappa shape index (κ2) is 12.6. The van der Waals surface area contributed by atoms with Crippen LogP contribution in [0.1, 0.15) is 77.6 Å². The summed E-state index contributed by atoms with van der Waals surface area (Å²) in [6.07, 6.45) is 0. The van der Waals surface area contributed by atoms with Gasteiger partial charge in [-0.3, -0.25) is 0 Å². The second-order valence-electron chi connectivity index (χ2n) is 17.9.